The van der Waals surface area contributed by atoms with Crippen molar-refractivity contribution < 1.29 is 8.91 Å². The molecule has 17 heavy (non-hydrogen) atoms. The zero-order valence-corrected chi connectivity index (χ0v) is 9.19. The Balaban J connectivity index is 1.77. The topological polar surface area (TPSA) is 51.0 Å². The second-order valence-electron chi connectivity index (χ2n) is 4.15. The summed E-state index contributed by atoms with van der Waals surface area (Å²) < 4.78 is 18.5. The first-order valence-electron chi connectivity index (χ1n) is 5.64. The average Bonchev–Trinajstić information content (AvgIpc) is 3.06. The van der Waals surface area contributed by atoms with Crippen LogP contribution in [-0.4, -0.2) is 16.2 Å². The molecule has 1 aliphatic carbocycles. The highest BCUT2D eigenvalue weighted by molar-refractivity contribution is 5.54. The number of aromatic nitrogens is 2. The van der Waals surface area contributed by atoms with Crippen LogP contribution in [0.4, 0.5) is 4.39 Å². The SMILES string of the molecule is Fc1ccccc1-c1noc(CNC2CC2)n1. The van der Waals surface area contributed by atoms with Gasteiger partial charge in [0.25, 0.3) is 0 Å². The average molecular weight is 233 g/mol. The van der Waals surface area contributed by atoms with Crippen molar-refractivity contribution >= 4 is 0 Å². The van der Waals surface area contributed by atoms with Gasteiger partial charge in [-0.2, -0.15) is 4.98 Å². The first-order chi connectivity index (χ1) is 8.33. The van der Waals surface area contributed by atoms with Crippen LogP contribution in [0, 0.1) is 5.82 Å². The molecule has 0 saturated heterocycles. The van der Waals surface area contributed by atoms with Crippen LogP contribution in [0.1, 0.15) is 18.7 Å². The number of nitrogens with zero attached hydrogens (tertiary/aromatic N) is 2. The van der Waals surface area contributed by atoms with Gasteiger partial charge in [0.2, 0.25) is 11.7 Å². The van der Waals surface area contributed by atoms with Crippen molar-refractivity contribution in [2.45, 2.75) is 25.4 Å². The molecule has 5 heteroatoms. The van der Waals surface area contributed by atoms with Crippen molar-refractivity contribution in [3.8, 4) is 11.4 Å². The van der Waals surface area contributed by atoms with E-state index in [0.29, 0.717) is 29.9 Å². The normalized spacial score (nSPS) is 15.1. The number of halogens is 1. The molecule has 1 aromatic carbocycles. The predicted molar refractivity (Wildman–Crippen MR) is 59.6 cm³/mol. The summed E-state index contributed by atoms with van der Waals surface area (Å²) in [7, 11) is 0. The van der Waals surface area contributed by atoms with E-state index in [1.165, 1.54) is 18.9 Å². The quantitative estimate of drug-likeness (QED) is 0.878. The van der Waals surface area contributed by atoms with Crippen LogP contribution in [-0.2, 0) is 6.54 Å². The van der Waals surface area contributed by atoms with Crippen molar-refractivity contribution in [3.63, 3.8) is 0 Å². The Labute approximate surface area is 97.8 Å². The Kier molecular flexibility index (Phi) is 2.60. The molecule has 1 N–H and O–H groups in total. The largest absolute Gasteiger partial charge is 0.338 e. The van der Waals surface area contributed by atoms with Gasteiger partial charge in [-0.05, 0) is 25.0 Å². The third kappa shape index (κ3) is 2.34. The summed E-state index contributed by atoms with van der Waals surface area (Å²) in [5.41, 5.74) is 0.369. The molecule has 3 rings (SSSR count). The summed E-state index contributed by atoms with van der Waals surface area (Å²) in [6.07, 6.45) is 2.41. The molecule has 0 aliphatic heterocycles. The van der Waals surface area contributed by atoms with E-state index in [1.54, 1.807) is 18.2 Å². The minimum absolute atomic E-state index is 0.302. The molecule has 0 spiro atoms. The fourth-order valence-corrected chi connectivity index (χ4v) is 1.60. The fourth-order valence-electron chi connectivity index (χ4n) is 1.60. The molecule has 4 nitrogen and oxygen atoms in total. The van der Waals surface area contributed by atoms with Crippen LogP contribution >= 0.6 is 0 Å². The molecule has 1 aromatic heterocycles. The lowest BCUT2D eigenvalue weighted by Crippen LogP contribution is -2.15. The van der Waals surface area contributed by atoms with Crippen LogP contribution in [0.5, 0.6) is 0 Å². The summed E-state index contributed by atoms with van der Waals surface area (Å²) in [6, 6.07) is 6.98. The Morgan fingerprint density at radius 1 is 1.35 bits per heavy atom. The van der Waals surface area contributed by atoms with Gasteiger partial charge in [0, 0.05) is 6.04 Å². The smallest absolute Gasteiger partial charge is 0.240 e. The highest BCUT2D eigenvalue weighted by Gasteiger charge is 2.21. The molecule has 0 atom stereocenters. The van der Waals surface area contributed by atoms with Gasteiger partial charge in [-0.3, -0.25) is 0 Å². The van der Waals surface area contributed by atoms with Crippen molar-refractivity contribution in [3.05, 3.63) is 36.0 Å². The van der Waals surface area contributed by atoms with Gasteiger partial charge in [0.15, 0.2) is 0 Å². The Morgan fingerprint density at radius 3 is 2.94 bits per heavy atom. The molecule has 88 valence electrons. The number of nitrogens with one attached hydrogen (secondary N) is 1. The number of hydrogen-bond acceptors (Lipinski definition) is 4. The van der Waals surface area contributed by atoms with Crippen molar-refractivity contribution in [1.82, 2.24) is 15.5 Å². The molecule has 2 aromatic rings. The highest BCUT2D eigenvalue weighted by atomic mass is 19.1. The van der Waals surface area contributed by atoms with E-state index in [2.05, 4.69) is 15.5 Å². The van der Waals surface area contributed by atoms with E-state index in [9.17, 15) is 4.39 Å². The molecule has 0 unspecified atom stereocenters. The molecule has 1 fully saturated rings. The first-order valence-corrected chi connectivity index (χ1v) is 5.64. The van der Waals surface area contributed by atoms with Crippen LogP contribution in [0.3, 0.4) is 0 Å². The van der Waals surface area contributed by atoms with Gasteiger partial charge >= 0.3 is 0 Å². The van der Waals surface area contributed by atoms with Gasteiger partial charge in [-0.25, -0.2) is 4.39 Å². The Hall–Kier alpha value is -1.75. The summed E-state index contributed by atoms with van der Waals surface area (Å²) in [5.74, 6) is 0.459. The van der Waals surface area contributed by atoms with Gasteiger partial charge in [-0.15, -0.1) is 0 Å². The van der Waals surface area contributed by atoms with Crippen LogP contribution in [0.2, 0.25) is 0 Å². The Morgan fingerprint density at radius 2 is 2.18 bits per heavy atom. The van der Waals surface area contributed by atoms with Crippen LogP contribution in [0.25, 0.3) is 11.4 Å². The van der Waals surface area contributed by atoms with E-state index >= 15 is 0 Å². The number of rotatable bonds is 4. The van der Waals surface area contributed by atoms with E-state index < -0.39 is 0 Å². The molecule has 0 radical (unpaired) electrons. The van der Waals surface area contributed by atoms with Gasteiger partial charge in [-0.1, -0.05) is 17.3 Å². The maximum atomic E-state index is 13.5. The molecular weight excluding hydrogens is 221 g/mol. The second-order valence-corrected chi connectivity index (χ2v) is 4.15. The van der Waals surface area contributed by atoms with E-state index in [-0.39, 0.29) is 5.82 Å². The molecule has 1 saturated carbocycles. The lowest BCUT2D eigenvalue weighted by molar-refractivity contribution is 0.367. The van der Waals surface area contributed by atoms with Gasteiger partial charge < -0.3 is 9.84 Å². The van der Waals surface area contributed by atoms with E-state index in [0.717, 1.165) is 0 Å². The molecule has 1 aliphatic rings. The first kappa shape index (κ1) is 10.4. The van der Waals surface area contributed by atoms with Gasteiger partial charge in [0.05, 0.1) is 12.1 Å². The van der Waals surface area contributed by atoms with Gasteiger partial charge in [0.1, 0.15) is 5.82 Å². The third-order valence-electron chi connectivity index (χ3n) is 2.70. The number of hydrogen-bond donors (Lipinski definition) is 1. The standard InChI is InChI=1S/C12H12FN3O/c13-10-4-2-1-3-9(10)12-15-11(17-16-12)7-14-8-5-6-8/h1-4,8,14H,5-7H2. The lowest BCUT2D eigenvalue weighted by Gasteiger charge is -1.95. The molecule has 0 bridgehead atoms. The zero-order valence-electron chi connectivity index (χ0n) is 9.19. The van der Waals surface area contributed by atoms with E-state index in [4.69, 9.17) is 4.52 Å². The van der Waals surface area contributed by atoms with Crippen molar-refractivity contribution in [2.75, 3.05) is 0 Å². The molecular formula is C12H12FN3O. The Bertz CT molecular complexity index is 522. The third-order valence-corrected chi connectivity index (χ3v) is 2.70. The summed E-state index contributed by atoms with van der Waals surface area (Å²) in [4.78, 5) is 4.16. The predicted octanol–water partition coefficient (Wildman–Crippen LogP) is 2.13. The zero-order chi connectivity index (χ0) is 11.7. The monoisotopic (exact) mass is 233 g/mol. The molecule has 0 amide bonds. The summed E-state index contributed by atoms with van der Waals surface area (Å²) >= 11 is 0. The van der Waals surface area contributed by atoms with Crippen molar-refractivity contribution in [2.24, 2.45) is 0 Å². The minimum atomic E-state index is -0.338. The molecule has 1 heterocycles. The maximum Gasteiger partial charge on any atom is 0.240 e. The number of benzene rings is 1. The summed E-state index contributed by atoms with van der Waals surface area (Å²) in [5, 5.41) is 7.04. The summed E-state index contributed by atoms with van der Waals surface area (Å²) in [6.45, 7) is 0.548. The fraction of sp³-hybridized carbons (Fsp3) is 0.333. The minimum Gasteiger partial charge on any atom is -0.338 e. The maximum absolute atomic E-state index is 13.5. The second kappa shape index (κ2) is 4.25. The highest BCUT2D eigenvalue weighted by Crippen LogP contribution is 2.21. The van der Waals surface area contributed by atoms with Crippen molar-refractivity contribution in [1.29, 1.82) is 0 Å². The van der Waals surface area contributed by atoms with E-state index in [1.807, 2.05) is 0 Å². The van der Waals surface area contributed by atoms with Crippen LogP contribution in [0.15, 0.2) is 28.8 Å². The van der Waals surface area contributed by atoms with Crippen LogP contribution < -0.4 is 5.32 Å². The lowest BCUT2D eigenvalue weighted by atomic mass is 10.2.